The van der Waals surface area contributed by atoms with E-state index in [-0.39, 0.29) is 29.2 Å². The molecule has 0 aliphatic carbocycles. The summed E-state index contributed by atoms with van der Waals surface area (Å²) in [7, 11) is 0. The lowest BCUT2D eigenvalue weighted by Crippen LogP contribution is -2.52. The first-order valence-corrected chi connectivity index (χ1v) is 9.23. The Bertz CT molecular complexity index is 718. The summed E-state index contributed by atoms with van der Waals surface area (Å²) in [6, 6.07) is -1.49. The summed E-state index contributed by atoms with van der Waals surface area (Å²) >= 11 is 0. The second kappa shape index (κ2) is 9.07. The van der Waals surface area contributed by atoms with E-state index in [0.717, 1.165) is 0 Å². The molecule has 0 radical (unpaired) electrons. The molecule has 158 valence electrons. The fourth-order valence-electron chi connectivity index (χ4n) is 2.47. The van der Waals surface area contributed by atoms with Gasteiger partial charge in [0.1, 0.15) is 23.4 Å². The van der Waals surface area contributed by atoms with Gasteiger partial charge in [-0.2, -0.15) is 0 Å². The fraction of sp³-hybridized carbons (Fsp3) is 0.684. The van der Waals surface area contributed by atoms with Crippen LogP contribution in [0.2, 0.25) is 0 Å². The predicted molar refractivity (Wildman–Crippen MR) is 102 cm³/mol. The number of ether oxygens (including phenoxy) is 1. The molecule has 0 saturated carbocycles. The molecule has 1 aromatic rings. The number of alkyl carbamates (subject to hydrolysis) is 1. The number of carbonyl (C=O) groups excluding carboxylic acids is 2. The molecule has 9 heteroatoms. The number of nitrogens with one attached hydrogen (secondary N) is 2. The number of amides is 2. The molecule has 28 heavy (non-hydrogen) atoms. The Balaban J connectivity index is 3.01. The van der Waals surface area contributed by atoms with Crippen LogP contribution >= 0.6 is 0 Å². The Morgan fingerprint density at radius 1 is 1.07 bits per heavy atom. The van der Waals surface area contributed by atoms with Crippen molar-refractivity contribution in [3.05, 3.63) is 17.3 Å². The monoisotopic (exact) mass is 397 g/mol. The van der Waals surface area contributed by atoms with Crippen molar-refractivity contribution in [3.63, 3.8) is 0 Å². The number of hydrogen-bond acceptors (Lipinski definition) is 6. The van der Waals surface area contributed by atoms with Gasteiger partial charge in [0.2, 0.25) is 11.8 Å². The Hall–Kier alpha value is -2.58. The van der Waals surface area contributed by atoms with Crippen LogP contribution in [0.25, 0.3) is 0 Å². The van der Waals surface area contributed by atoms with Crippen molar-refractivity contribution in [2.45, 2.75) is 73.1 Å². The summed E-state index contributed by atoms with van der Waals surface area (Å²) in [6.07, 6.45) is -0.692. The number of hydrogen-bond donors (Lipinski definition) is 3. The minimum absolute atomic E-state index is 0.109. The molecule has 2 amide bonds. The minimum atomic E-state index is -1.20. The van der Waals surface area contributed by atoms with Crippen molar-refractivity contribution in [1.29, 1.82) is 0 Å². The van der Waals surface area contributed by atoms with Crippen LogP contribution in [0, 0.1) is 18.8 Å². The van der Waals surface area contributed by atoms with Crippen LogP contribution in [0.1, 0.15) is 76.6 Å². The lowest BCUT2D eigenvalue weighted by atomic mass is 10.0. The minimum Gasteiger partial charge on any atom is -0.476 e. The number of aromatic carboxylic acids is 1. The molecule has 0 saturated heterocycles. The Morgan fingerprint density at radius 2 is 1.64 bits per heavy atom. The molecular formula is C19H31N3O6. The van der Waals surface area contributed by atoms with Crippen molar-refractivity contribution >= 4 is 18.0 Å². The topological polar surface area (TPSA) is 131 Å². The van der Waals surface area contributed by atoms with Crippen LogP contribution in [0.3, 0.4) is 0 Å². The lowest BCUT2D eigenvalue weighted by molar-refractivity contribution is -0.125. The number of aromatic nitrogens is 1. The second-order valence-electron chi connectivity index (χ2n) is 8.36. The van der Waals surface area contributed by atoms with Crippen LogP contribution in [-0.4, -0.2) is 39.7 Å². The summed E-state index contributed by atoms with van der Waals surface area (Å²) in [5.41, 5.74) is -0.881. The van der Waals surface area contributed by atoms with Gasteiger partial charge in [0, 0.05) is 0 Å². The van der Waals surface area contributed by atoms with E-state index in [2.05, 4.69) is 15.6 Å². The van der Waals surface area contributed by atoms with Crippen LogP contribution in [0.4, 0.5) is 4.79 Å². The second-order valence-corrected chi connectivity index (χ2v) is 8.36. The van der Waals surface area contributed by atoms with Gasteiger partial charge in [0.25, 0.3) is 0 Å². The molecule has 0 aromatic carbocycles. The molecule has 0 unspecified atom stereocenters. The Labute approximate surface area is 165 Å². The highest BCUT2D eigenvalue weighted by Gasteiger charge is 2.32. The molecule has 3 N–H and O–H groups in total. The number of carboxylic acids is 1. The van der Waals surface area contributed by atoms with E-state index < -0.39 is 35.7 Å². The van der Waals surface area contributed by atoms with E-state index in [1.54, 1.807) is 34.6 Å². The molecule has 1 heterocycles. The molecule has 9 nitrogen and oxygen atoms in total. The van der Waals surface area contributed by atoms with E-state index in [9.17, 15) is 14.4 Å². The van der Waals surface area contributed by atoms with Gasteiger partial charge in [0.15, 0.2) is 5.69 Å². The van der Waals surface area contributed by atoms with Gasteiger partial charge >= 0.3 is 12.1 Å². The third-order valence-electron chi connectivity index (χ3n) is 3.87. The third kappa shape index (κ3) is 6.54. The van der Waals surface area contributed by atoms with Crippen LogP contribution in [-0.2, 0) is 9.53 Å². The number of oxazole rings is 1. The summed E-state index contributed by atoms with van der Waals surface area (Å²) < 4.78 is 10.7. The van der Waals surface area contributed by atoms with Crippen LogP contribution < -0.4 is 10.6 Å². The quantitative estimate of drug-likeness (QED) is 0.644. The molecule has 1 aromatic heterocycles. The van der Waals surface area contributed by atoms with E-state index in [1.807, 2.05) is 13.8 Å². The molecule has 0 aliphatic heterocycles. The number of carbonyl (C=O) groups is 3. The van der Waals surface area contributed by atoms with E-state index in [0.29, 0.717) is 0 Å². The number of nitrogens with zero attached hydrogens (tertiary/aromatic N) is 1. The SMILES string of the molecule is Cc1oc([C@@H](NC(=O)[C@@H](NC(=O)OC(C)(C)C)C(C)C)C(C)C)nc1C(=O)O. The van der Waals surface area contributed by atoms with Gasteiger partial charge in [0.05, 0.1) is 0 Å². The zero-order valence-electron chi connectivity index (χ0n) is 17.7. The maximum Gasteiger partial charge on any atom is 0.408 e. The average molecular weight is 397 g/mol. The van der Waals surface area contributed by atoms with Crippen LogP contribution in [0.5, 0.6) is 0 Å². The van der Waals surface area contributed by atoms with E-state index in [4.69, 9.17) is 14.3 Å². The molecule has 2 atom stereocenters. The highest BCUT2D eigenvalue weighted by atomic mass is 16.6. The van der Waals surface area contributed by atoms with E-state index >= 15 is 0 Å². The summed E-state index contributed by atoms with van der Waals surface area (Å²) in [5, 5.41) is 14.6. The third-order valence-corrected chi connectivity index (χ3v) is 3.87. The zero-order valence-corrected chi connectivity index (χ0v) is 17.7. The van der Waals surface area contributed by atoms with E-state index in [1.165, 1.54) is 6.92 Å². The fourth-order valence-corrected chi connectivity index (χ4v) is 2.47. The van der Waals surface area contributed by atoms with Gasteiger partial charge in [-0.15, -0.1) is 0 Å². The van der Waals surface area contributed by atoms with Crippen molar-refractivity contribution in [2.24, 2.45) is 11.8 Å². The van der Waals surface area contributed by atoms with Crippen molar-refractivity contribution in [2.75, 3.05) is 0 Å². The molecule has 0 aliphatic rings. The maximum atomic E-state index is 12.8. The molecular weight excluding hydrogens is 366 g/mol. The Kier molecular flexibility index (Phi) is 7.60. The Morgan fingerprint density at radius 3 is 2.04 bits per heavy atom. The van der Waals surface area contributed by atoms with Gasteiger partial charge in [-0.1, -0.05) is 27.7 Å². The lowest BCUT2D eigenvalue weighted by Gasteiger charge is -2.27. The smallest absolute Gasteiger partial charge is 0.408 e. The van der Waals surface area contributed by atoms with Gasteiger partial charge in [-0.25, -0.2) is 14.6 Å². The van der Waals surface area contributed by atoms with Crippen molar-refractivity contribution in [3.8, 4) is 0 Å². The number of carboxylic acid groups (broad SMARTS) is 1. The van der Waals surface area contributed by atoms with Crippen molar-refractivity contribution < 1.29 is 28.6 Å². The van der Waals surface area contributed by atoms with Crippen molar-refractivity contribution in [1.82, 2.24) is 15.6 Å². The average Bonchev–Trinajstić information content (AvgIpc) is 2.89. The molecule has 0 bridgehead atoms. The molecule has 1 rings (SSSR count). The first-order valence-electron chi connectivity index (χ1n) is 9.23. The normalized spacial score (nSPS) is 13.9. The predicted octanol–water partition coefficient (Wildman–Crippen LogP) is 3.04. The number of rotatable bonds is 7. The first kappa shape index (κ1) is 23.5. The molecule has 0 spiro atoms. The van der Waals surface area contributed by atoms with Crippen LogP contribution in [0.15, 0.2) is 4.42 Å². The first-order chi connectivity index (χ1) is 12.7. The zero-order chi connectivity index (χ0) is 21.8. The van der Waals surface area contributed by atoms with Gasteiger partial charge in [-0.3, -0.25) is 4.79 Å². The van der Waals surface area contributed by atoms with Gasteiger partial charge in [-0.05, 0) is 39.5 Å². The maximum absolute atomic E-state index is 12.8. The van der Waals surface area contributed by atoms with Gasteiger partial charge < -0.3 is 24.9 Å². The largest absolute Gasteiger partial charge is 0.476 e. The highest BCUT2D eigenvalue weighted by molar-refractivity contribution is 5.87. The summed E-state index contributed by atoms with van der Waals surface area (Å²) in [4.78, 5) is 40.1. The summed E-state index contributed by atoms with van der Waals surface area (Å²) in [5.74, 6) is -1.70. The number of aryl methyl sites for hydroxylation is 1. The standard InChI is InChI=1S/C19H31N3O6/c1-9(2)12(22-18(26)28-19(6,7)8)15(23)20-13(10(3)4)16-21-14(17(24)25)11(5)27-16/h9-10,12-13H,1-8H3,(H,20,23)(H,22,26)(H,24,25)/t12-,13-/m0/s1. The highest BCUT2D eigenvalue weighted by Crippen LogP contribution is 2.24. The molecule has 0 fully saturated rings. The summed E-state index contributed by atoms with van der Waals surface area (Å²) in [6.45, 7) is 14.0.